The number of H-pyrrole nitrogens is 1. The lowest BCUT2D eigenvalue weighted by Gasteiger charge is -2.21. The van der Waals surface area contributed by atoms with Gasteiger partial charge in [0.25, 0.3) is 0 Å². The number of hydrogen-bond donors (Lipinski definition) is 3. The van der Waals surface area contributed by atoms with Gasteiger partial charge < -0.3 is 20.4 Å². The van der Waals surface area contributed by atoms with Gasteiger partial charge in [0.1, 0.15) is 11.3 Å². The third-order valence-corrected chi connectivity index (χ3v) is 4.83. The Kier molecular flexibility index (Phi) is 5.18. The van der Waals surface area contributed by atoms with E-state index in [-0.39, 0.29) is 29.3 Å². The van der Waals surface area contributed by atoms with Gasteiger partial charge >= 0.3 is 6.18 Å². The molecule has 32 heavy (non-hydrogen) atoms. The molecule has 0 saturated carbocycles. The molecule has 0 saturated heterocycles. The Bertz CT molecular complexity index is 1280. The molecule has 1 unspecified atom stereocenters. The molecule has 0 aliphatic rings. The summed E-state index contributed by atoms with van der Waals surface area (Å²) in [6, 6.07) is 2.54. The van der Waals surface area contributed by atoms with E-state index in [1.807, 2.05) is 13.8 Å². The zero-order chi connectivity index (χ0) is 23.2. The number of rotatable bonds is 5. The van der Waals surface area contributed by atoms with Crippen molar-refractivity contribution in [3.63, 3.8) is 0 Å². The number of anilines is 2. The van der Waals surface area contributed by atoms with E-state index in [0.29, 0.717) is 16.9 Å². The number of alkyl halides is 3. The minimum atomic E-state index is -4.59. The van der Waals surface area contributed by atoms with Gasteiger partial charge in [-0.25, -0.2) is 9.97 Å². The van der Waals surface area contributed by atoms with Crippen LogP contribution in [0.1, 0.15) is 37.2 Å². The molecular formula is C19H19F4N9. The van der Waals surface area contributed by atoms with Crippen molar-refractivity contribution < 1.29 is 17.6 Å². The number of hydrogen-bond acceptors (Lipinski definition) is 7. The van der Waals surface area contributed by atoms with E-state index in [1.54, 1.807) is 23.6 Å². The largest absolute Gasteiger partial charge is 0.449 e. The predicted octanol–water partition coefficient (Wildman–Crippen LogP) is 3.77. The molecule has 4 N–H and O–H groups in total. The summed E-state index contributed by atoms with van der Waals surface area (Å²) >= 11 is 0. The number of fused-ring (bicyclic) bond motifs is 1. The third-order valence-electron chi connectivity index (χ3n) is 4.83. The lowest BCUT2D eigenvalue weighted by Crippen LogP contribution is -2.20. The van der Waals surface area contributed by atoms with Crippen molar-refractivity contribution in [2.75, 3.05) is 11.1 Å². The molecule has 4 rings (SSSR count). The Morgan fingerprint density at radius 1 is 1.12 bits per heavy atom. The van der Waals surface area contributed by atoms with Crippen LogP contribution in [-0.2, 0) is 6.18 Å². The standard InChI is InChI=1S/C19H19F4N9/c1-8(2)13(11-6-25-16(27-11)19(21,22)23)28-18-30-15(29-17(24)31-18)10-4-5-12-14(20)26-9(3)32(12)7-10/h4-8,13H,1-3H3,(H,25,27)(H3,24,28,29,30,31). The summed E-state index contributed by atoms with van der Waals surface area (Å²) in [5, 5.41) is 3.00. The van der Waals surface area contributed by atoms with Gasteiger partial charge in [-0.15, -0.1) is 0 Å². The van der Waals surface area contributed by atoms with Crippen molar-refractivity contribution in [1.29, 1.82) is 0 Å². The van der Waals surface area contributed by atoms with Gasteiger partial charge in [0.05, 0.1) is 17.9 Å². The average Bonchev–Trinajstić information content (AvgIpc) is 3.30. The highest BCUT2D eigenvalue weighted by Gasteiger charge is 2.35. The molecule has 0 fully saturated rings. The average molecular weight is 449 g/mol. The van der Waals surface area contributed by atoms with Crippen LogP contribution in [0.2, 0.25) is 0 Å². The summed E-state index contributed by atoms with van der Waals surface area (Å²) in [5.74, 6) is -1.20. The molecule has 4 aromatic heterocycles. The van der Waals surface area contributed by atoms with E-state index in [4.69, 9.17) is 5.73 Å². The van der Waals surface area contributed by atoms with Crippen LogP contribution in [-0.4, -0.2) is 34.3 Å². The van der Waals surface area contributed by atoms with E-state index in [0.717, 1.165) is 6.20 Å². The Balaban J connectivity index is 1.69. The fourth-order valence-electron chi connectivity index (χ4n) is 3.29. The Morgan fingerprint density at radius 3 is 2.53 bits per heavy atom. The van der Waals surface area contributed by atoms with Crippen LogP contribution < -0.4 is 11.1 Å². The highest BCUT2D eigenvalue weighted by atomic mass is 19.4. The molecule has 1 atom stereocenters. The van der Waals surface area contributed by atoms with Gasteiger partial charge in [0.2, 0.25) is 23.7 Å². The fourth-order valence-corrected chi connectivity index (χ4v) is 3.29. The summed E-state index contributed by atoms with van der Waals surface area (Å²) < 4.78 is 54.2. The molecule has 0 aromatic carbocycles. The van der Waals surface area contributed by atoms with Crippen LogP contribution >= 0.6 is 0 Å². The molecule has 0 bridgehead atoms. The first-order valence-corrected chi connectivity index (χ1v) is 9.57. The van der Waals surface area contributed by atoms with Crippen LogP contribution in [0.5, 0.6) is 0 Å². The Morgan fingerprint density at radius 2 is 1.88 bits per heavy atom. The van der Waals surface area contributed by atoms with Gasteiger partial charge in [-0.2, -0.15) is 32.5 Å². The number of nitrogens with two attached hydrogens (primary N) is 1. The van der Waals surface area contributed by atoms with Crippen molar-refractivity contribution in [3.05, 3.63) is 47.8 Å². The Labute approximate surface area is 179 Å². The highest BCUT2D eigenvalue weighted by Crippen LogP contribution is 2.30. The van der Waals surface area contributed by atoms with E-state index in [1.165, 1.54) is 6.07 Å². The fraction of sp³-hybridized carbons (Fsp3) is 0.316. The molecule has 9 nitrogen and oxygen atoms in total. The molecule has 4 heterocycles. The highest BCUT2D eigenvalue weighted by molar-refractivity contribution is 5.61. The van der Waals surface area contributed by atoms with Crippen LogP contribution in [0.25, 0.3) is 16.9 Å². The zero-order valence-electron chi connectivity index (χ0n) is 17.2. The first kappa shape index (κ1) is 21.5. The van der Waals surface area contributed by atoms with E-state index in [2.05, 4.69) is 35.2 Å². The van der Waals surface area contributed by atoms with Gasteiger partial charge in [-0.3, -0.25) is 0 Å². The number of halogens is 4. The normalized spacial score (nSPS) is 13.1. The summed E-state index contributed by atoms with van der Waals surface area (Å²) in [6.45, 7) is 5.30. The van der Waals surface area contributed by atoms with Crippen LogP contribution in [0, 0.1) is 18.8 Å². The monoisotopic (exact) mass is 449 g/mol. The quantitative estimate of drug-likeness (QED) is 0.397. The first-order valence-electron chi connectivity index (χ1n) is 9.57. The molecule has 168 valence electrons. The van der Waals surface area contributed by atoms with Crippen LogP contribution in [0.3, 0.4) is 0 Å². The lowest BCUT2D eigenvalue weighted by atomic mass is 10.0. The minimum absolute atomic E-state index is 0.0722. The minimum Gasteiger partial charge on any atom is -0.368 e. The number of imidazole rings is 2. The maximum atomic E-state index is 13.8. The second-order valence-electron chi connectivity index (χ2n) is 7.51. The third kappa shape index (κ3) is 4.05. The predicted molar refractivity (Wildman–Crippen MR) is 108 cm³/mol. The van der Waals surface area contributed by atoms with Crippen molar-refractivity contribution in [1.82, 2.24) is 34.3 Å². The molecule has 13 heteroatoms. The van der Waals surface area contributed by atoms with Crippen molar-refractivity contribution in [2.45, 2.75) is 33.0 Å². The van der Waals surface area contributed by atoms with Crippen LogP contribution in [0.4, 0.5) is 29.5 Å². The SMILES string of the molecule is Cc1nc(F)c2ccc(-c3nc(N)nc(NC(c4cnc(C(F)(F)F)[nH]4)C(C)C)n3)cn12. The second-order valence-corrected chi connectivity index (χ2v) is 7.51. The van der Waals surface area contributed by atoms with Crippen LogP contribution in [0.15, 0.2) is 24.5 Å². The number of aromatic amines is 1. The van der Waals surface area contributed by atoms with Gasteiger partial charge in [-0.05, 0) is 25.0 Å². The molecular weight excluding hydrogens is 430 g/mol. The molecule has 4 aromatic rings. The molecule has 0 spiro atoms. The number of aryl methyl sites for hydroxylation is 1. The zero-order valence-corrected chi connectivity index (χ0v) is 17.2. The van der Waals surface area contributed by atoms with Crippen molar-refractivity contribution >= 4 is 17.4 Å². The summed E-state index contributed by atoms with van der Waals surface area (Å²) in [5.41, 5.74) is 6.89. The maximum Gasteiger partial charge on any atom is 0.449 e. The number of pyridine rings is 1. The van der Waals surface area contributed by atoms with E-state index in [9.17, 15) is 17.6 Å². The van der Waals surface area contributed by atoms with E-state index < -0.39 is 24.0 Å². The summed E-state index contributed by atoms with van der Waals surface area (Å²) in [6.07, 6.45) is -1.85. The number of nitrogens with one attached hydrogen (secondary N) is 2. The number of aromatic nitrogens is 7. The molecule has 0 amide bonds. The summed E-state index contributed by atoms with van der Waals surface area (Å²) in [7, 11) is 0. The topological polar surface area (TPSA) is 123 Å². The first-order chi connectivity index (χ1) is 15.0. The smallest absolute Gasteiger partial charge is 0.368 e. The number of nitrogens with zero attached hydrogens (tertiary/aromatic N) is 6. The van der Waals surface area contributed by atoms with Crippen molar-refractivity contribution in [3.8, 4) is 11.4 Å². The van der Waals surface area contributed by atoms with Crippen molar-refractivity contribution in [2.24, 2.45) is 5.92 Å². The summed E-state index contributed by atoms with van der Waals surface area (Å²) in [4.78, 5) is 22.0. The second kappa shape index (κ2) is 7.73. The molecule has 0 radical (unpaired) electrons. The molecule has 0 aliphatic heterocycles. The molecule has 0 aliphatic carbocycles. The van der Waals surface area contributed by atoms with E-state index >= 15 is 0 Å². The van der Waals surface area contributed by atoms with Gasteiger partial charge in [-0.1, -0.05) is 13.8 Å². The maximum absolute atomic E-state index is 13.8. The Hall–Kier alpha value is -3.77. The van der Waals surface area contributed by atoms with Gasteiger partial charge in [0.15, 0.2) is 5.82 Å². The number of nitrogen functional groups attached to an aromatic ring is 1. The lowest BCUT2D eigenvalue weighted by molar-refractivity contribution is -0.144. The van der Waals surface area contributed by atoms with Gasteiger partial charge in [0, 0.05) is 11.8 Å².